The fraction of sp³-hybridized carbons (Fsp3) is 0.750. The highest BCUT2D eigenvalue weighted by atomic mass is 32.1. The second-order valence-corrected chi connectivity index (χ2v) is 7.43. The molecule has 2 fully saturated rings. The Kier molecular flexibility index (Phi) is 3.97. The van der Waals surface area contributed by atoms with Crippen LogP contribution in [0.2, 0.25) is 0 Å². The van der Waals surface area contributed by atoms with Gasteiger partial charge in [0.1, 0.15) is 0 Å². The van der Waals surface area contributed by atoms with E-state index in [1.54, 1.807) is 0 Å². The molecule has 2 aliphatic rings. The summed E-state index contributed by atoms with van der Waals surface area (Å²) in [7, 11) is 0. The van der Waals surface area contributed by atoms with Crippen LogP contribution in [0.25, 0.3) is 0 Å². The van der Waals surface area contributed by atoms with Crippen molar-refractivity contribution in [1.82, 2.24) is 4.90 Å². The SMILES string of the molecule is CC1CCCCC1(CN)N(Cc1cccs1)C1CC1. The van der Waals surface area contributed by atoms with Gasteiger partial charge >= 0.3 is 0 Å². The van der Waals surface area contributed by atoms with Gasteiger partial charge in [-0.25, -0.2) is 0 Å². The average Bonchev–Trinajstić information content (AvgIpc) is 3.14. The number of thiophene rings is 1. The molecule has 0 amide bonds. The zero-order valence-corrected chi connectivity index (χ0v) is 12.8. The van der Waals surface area contributed by atoms with Gasteiger partial charge in [0.15, 0.2) is 0 Å². The van der Waals surface area contributed by atoms with Crippen LogP contribution in [0.4, 0.5) is 0 Å². The van der Waals surface area contributed by atoms with E-state index in [1.807, 2.05) is 11.3 Å². The van der Waals surface area contributed by atoms with Gasteiger partial charge in [-0.3, -0.25) is 4.90 Å². The van der Waals surface area contributed by atoms with Crippen LogP contribution in [0.15, 0.2) is 17.5 Å². The van der Waals surface area contributed by atoms with Crippen molar-refractivity contribution in [2.24, 2.45) is 11.7 Å². The Hall–Kier alpha value is -0.380. The van der Waals surface area contributed by atoms with Crippen LogP contribution < -0.4 is 5.73 Å². The first-order chi connectivity index (χ1) is 9.26. The van der Waals surface area contributed by atoms with E-state index in [4.69, 9.17) is 5.73 Å². The lowest BCUT2D eigenvalue weighted by Gasteiger charge is -2.50. The molecule has 0 radical (unpaired) electrons. The Balaban J connectivity index is 1.84. The minimum absolute atomic E-state index is 0.267. The second kappa shape index (κ2) is 5.55. The smallest absolute Gasteiger partial charge is 0.0363 e. The Morgan fingerprint density at radius 1 is 1.37 bits per heavy atom. The minimum atomic E-state index is 0.267. The molecule has 2 aliphatic carbocycles. The average molecular weight is 278 g/mol. The lowest BCUT2D eigenvalue weighted by Crippen LogP contribution is -2.59. The lowest BCUT2D eigenvalue weighted by atomic mass is 9.72. The number of hydrogen-bond acceptors (Lipinski definition) is 3. The largest absolute Gasteiger partial charge is 0.329 e. The third-order valence-corrected chi connectivity index (χ3v) is 6.09. The molecule has 19 heavy (non-hydrogen) atoms. The number of hydrogen-bond donors (Lipinski definition) is 1. The summed E-state index contributed by atoms with van der Waals surface area (Å²) in [5.74, 6) is 0.742. The zero-order valence-electron chi connectivity index (χ0n) is 12.0. The number of nitrogens with zero attached hydrogens (tertiary/aromatic N) is 1. The summed E-state index contributed by atoms with van der Waals surface area (Å²) in [4.78, 5) is 4.28. The zero-order chi connectivity index (χ0) is 13.3. The molecule has 3 rings (SSSR count). The second-order valence-electron chi connectivity index (χ2n) is 6.39. The topological polar surface area (TPSA) is 29.3 Å². The van der Waals surface area contributed by atoms with E-state index in [1.165, 1.54) is 43.4 Å². The highest BCUT2D eigenvalue weighted by Crippen LogP contribution is 2.44. The molecule has 0 aromatic carbocycles. The summed E-state index contributed by atoms with van der Waals surface area (Å²) >= 11 is 1.89. The van der Waals surface area contributed by atoms with Crippen molar-refractivity contribution in [2.75, 3.05) is 6.54 Å². The maximum Gasteiger partial charge on any atom is 0.0363 e. The molecule has 1 heterocycles. The summed E-state index contributed by atoms with van der Waals surface area (Å²) in [5.41, 5.74) is 6.55. The van der Waals surface area contributed by atoms with E-state index in [0.717, 1.165) is 25.0 Å². The summed E-state index contributed by atoms with van der Waals surface area (Å²) < 4.78 is 0. The van der Waals surface area contributed by atoms with Crippen LogP contribution in [-0.2, 0) is 6.54 Å². The van der Waals surface area contributed by atoms with Gasteiger partial charge in [0, 0.05) is 29.5 Å². The third kappa shape index (κ3) is 2.61. The highest BCUT2D eigenvalue weighted by Gasteiger charge is 2.47. The monoisotopic (exact) mass is 278 g/mol. The van der Waals surface area contributed by atoms with Gasteiger partial charge in [0.2, 0.25) is 0 Å². The van der Waals surface area contributed by atoms with Gasteiger partial charge in [-0.05, 0) is 43.0 Å². The molecule has 106 valence electrons. The molecular formula is C16H26N2S. The Bertz CT molecular complexity index is 399. The molecule has 1 aromatic rings. The number of rotatable bonds is 5. The molecule has 3 heteroatoms. The van der Waals surface area contributed by atoms with Gasteiger partial charge in [-0.2, -0.15) is 0 Å². The van der Waals surface area contributed by atoms with E-state index in [9.17, 15) is 0 Å². The van der Waals surface area contributed by atoms with Crippen molar-refractivity contribution in [3.05, 3.63) is 22.4 Å². The molecule has 2 nitrogen and oxygen atoms in total. The number of nitrogens with two attached hydrogens (primary N) is 1. The molecular weight excluding hydrogens is 252 g/mol. The van der Waals surface area contributed by atoms with Gasteiger partial charge in [-0.1, -0.05) is 25.8 Å². The summed E-state index contributed by atoms with van der Waals surface area (Å²) in [6.45, 7) is 4.37. The Morgan fingerprint density at radius 3 is 2.79 bits per heavy atom. The van der Waals surface area contributed by atoms with Gasteiger partial charge in [0.05, 0.1) is 0 Å². The van der Waals surface area contributed by atoms with E-state index in [0.29, 0.717) is 0 Å². The van der Waals surface area contributed by atoms with Gasteiger partial charge in [-0.15, -0.1) is 11.3 Å². The maximum absolute atomic E-state index is 6.29. The van der Waals surface area contributed by atoms with Crippen molar-refractivity contribution in [1.29, 1.82) is 0 Å². The molecule has 0 spiro atoms. The predicted molar refractivity (Wildman–Crippen MR) is 82.3 cm³/mol. The standard InChI is InChI=1S/C16H26N2S/c1-13-5-2-3-9-16(13,12-17)18(14-7-8-14)11-15-6-4-10-19-15/h4,6,10,13-14H,2-3,5,7-9,11-12,17H2,1H3. The first kappa shape index (κ1) is 13.6. The van der Waals surface area contributed by atoms with E-state index in [-0.39, 0.29) is 5.54 Å². The normalized spacial score (nSPS) is 31.8. The molecule has 0 aliphatic heterocycles. The van der Waals surface area contributed by atoms with E-state index in [2.05, 4.69) is 29.3 Å². The van der Waals surface area contributed by atoms with Crippen LogP contribution in [0.3, 0.4) is 0 Å². The molecule has 2 unspecified atom stereocenters. The van der Waals surface area contributed by atoms with Crippen LogP contribution in [0.1, 0.15) is 50.3 Å². The van der Waals surface area contributed by atoms with E-state index < -0.39 is 0 Å². The first-order valence-electron chi connectivity index (χ1n) is 7.75. The van der Waals surface area contributed by atoms with Gasteiger partial charge < -0.3 is 5.73 Å². The fourth-order valence-electron chi connectivity index (χ4n) is 3.85. The van der Waals surface area contributed by atoms with E-state index >= 15 is 0 Å². The summed E-state index contributed by atoms with van der Waals surface area (Å²) in [5, 5.41) is 2.19. The summed E-state index contributed by atoms with van der Waals surface area (Å²) in [6.07, 6.45) is 8.15. The van der Waals surface area contributed by atoms with Crippen molar-refractivity contribution >= 4 is 11.3 Å². The van der Waals surface area contributed by atoms with Crippen LogP contribution in [0, 0.1) is 5.92 Å². The molecule has 2 atom stereocenters. The fourth-order valence-corrected chi connectivity index (χ4v) is 4.55. The first-order valence-corrected chi connectivity index (χ1v) is 8.63. The van der Waals surface area contributed by atoms with Crippen LogP contribution >= 0.6 is 11.3 Å². The Morgan fingerprint density at radius 2 is 2.21 bits per heavy atom. The molecule has 1 aromatic heterocycles. The maximum atomic E-state index is 6.29. The van der Waals surface area contributed by atoms with Gasteiger partial charge in [0.25, 0.3) is 0 Å². The lowest BCUT2D eigenvalue weighted by molar-refractivity contribution is 0.000488. The minimum Gasteiger partial charge on any atom is -0.329 e. The molecule has 0 saturated heterocycles. The predicted octanol–water partition coefficient (Wildman–Crippen LogP) is 3.62. The van der Waals surface area contributed by atoms with Crippen molar-refractivity contribution in [3.63, 3.8) is 0 Å². The summed E-state index contributed by atoms with van der Waals surface area (Å²) in [6, 6.07) is 5.24. The van der Waals surface area contributed by atoms with Crippen LogP contribution in [-0.4, -0.2) is 23.0 Å². The van der Waals surface area contributed by atoms with Crippen molar-refractivity contribution in [3.8, 4) is 0 Å². The highest BCUT2D eigenvalue weighted by molar-refractivity contribution is 7.09. The third-order valence-electron chi connectivity index (χ3n) is 5.23. The van der Waals surface area contributed by atoms with Crippen molar-refractivity contribution in [2.45, 2.75) is 63.6 Å². The molecule has 2 N–H and O–H groups in total. The van der Waals surface area contributed by atoms with Crippen molar-refractivity contribution < 1.29 is 0 Å². The molecule has 0 bridgehead atoms. The van der Waals surface area contributed by atoms with Crippen LogP contribution in [0.5, 0.6) is 0 Å². The molecule has 2 saturated carbocycles. The Labute approximate surface area is 121 Å². The quantitative estimate of drug-likeness (QED) is 0.891.